The Hall–Kier alpha value is -2.83. The molecule has 1 aromatic carbocycles. The maximum absolute atomic E-state index is 12.8. The minimum absolute atomic E-state index is 0.000445. The molecule has 1 aliphatic heterocycles. The number of likely N-dealkylation sites (tertiary alicyclic amines) is 1. The van der Waals surface area contributed by atoms with E-state index in [0.29, 0.717) is 23.7 Å². The van der Waals surface area contributed by atoms with E-state index >= 15 is 0 Å². The molecular weight excluding hydrogens is 402 g/mol. The molecule has 1 atom stereocenters. The lowest BCUT2D eigenvalue weighted by Crippen LogP contribution is -2.37. The van der Waals surface area contributed by atoms with Crippen molar-refractivity contribution in [2.45, 2.75) is 25.4 Å². The number of halogens is 1. The summed E-state index contributed by atoms with van der Waals surface area (Å²) in [5.41, 5.74) is 1.07. The van der Waals surface area contributed by atoms with E-state index in [1.165, 1.54) is 10.6 Å². The zero-order chi connectivity index (χ0) is 20.9. The molecule has 6 nitrogen and oxygen atoms in total. The molecule has 2 aromatic heterocycles. The molecule has 1 amide bonds. The summed E-state index contributed by atoms with van der Waals surface area (Å²) in [5.74, 6) is 0.625. The molecule has 1 N–H and O–H groups in total. The monoisotopic (exact) mass is 425 g/mol. The minimum atomic E-state index is -0.223. The Kier molecular flexibility index (Phi) is 6.35. The molecule has 156 valence electrons. The number of hydrogen-bond acceptors (Lipinski definition) is 4. The standard InChI is InChI=1S/C23H24ClN3O3/c24-19-7-2-1-6-17(19)15-27-16-18(9-10-22(27)28)23(29)25-14-20(21-8-5-13-30-21)26-11-3-4-12-26/h1-2,5-10,13,16,20H,3-4,11-12,14-15H2,(H,25,29). The lowest BCUT2D eigenvalue weighted by atomic mass is 10.1. The van der Waals surface area contributed by atoms with Crippen LogP contribution < -0.4 is 10.9 Å². The van der Waals surface area contributed by atoms with E-state index in [1.54, 1.807) is 24.6 Å². The van der Waals surface area contributed by atoms with Gasteiger partial charge >= 0.3 is 0 Å². The van der Waals surface area contributed by atoms with Gasteiger partial charge < -0.3 is 14.3 Å². The molecule has 0 saturated carbocycles. The van der Waals surface area contributed by atoms with Crippen molar-refractivity contribution in [3.05, 3.63) is 93.3 Å². The quantitative estimate of drug-likeness (QED) is 0.626. The first kappa shape index (κ1) is 20.4. The van der Waals surface area contributed by atoms with E-state index in [1.807, 2.05) is 30.3 Å². The van der Waals surface area contributed by atoms with Crippen molar-refractivity contribution in [2.24, 2.45) is 0 Å². The van der Waals surface area contributed by atoms with Gasteiger partial charge in [-0.2, -0.15) is 0 Å². The number of nitrogens with one attached hydrogen (secondary N) is 1. The van der Waals surface area contributed by atoms with Gasteiger partial charge in [-0.25, -0.2) is 0 Å². The van der Waals surface area contributed by atoms with Crippen LogP contribution in [0.15, 0.2) is 70.2 Å². The number of rotatable bonds is 7. The second-order valence-electron chi connectivity index (χ2n) is 7.46. The van der Waals surface area contributed by atoms with E-state index in [-0.39, 0.29) is 17.5 Å². The Morgan fingerprint density at radius 1 is 1.10 bits per heavy atom. The Bertz CT molecular complexity index is 1060. The molecule has 1 aliphatic rings. The van der Waals surface area contributed by atoms with Crippen LogP contribution in [0, 0.1) is 0 Å². The molecule has 0 spiro atoms. The number of carbonyl (C=O) groups is 1. The fourth-order valence-electron chi connectivity index (χ4n) is 3.83. The number of benzene rings is 1. The molecule has 0 radical (unpaired) electrons. The maximum Gasteiger partial charge on any atom is 0.252 e. The Morgan fingerprint density at radius 3 is 2.63 bits per heavy atom. The van der Waals surface area contributed by atoms with Gasteiger partial charge in [0.1, 0.15) is 5.76 Å². The van der Waals surface area contributed by atoms with Crippen LogP contribution in [-0.2, 0) is 6.54 Å². The van der Waals surface area contributed by atoms with Crippen LogP contribution in [0.25, 0.3) is 0 Å². The van der Waals surface area contributed by atoms with Crippen LogP contribution in [0.2, 0.25) is 5.02 Å². The summed E-state index contributed by atoms with van der Waals surface area (Å²) in [6.07, 6.45) is 5.54. The number of pyridine rings is 1. The number of aromatic nitrogens is 1. The smallest absolute Gasteiger partial charge is 0.252 e. The van der Waals surface area contributed by atoms with Gasteiger partial charge in [-0.1, -0.05) is 29.8 Å². The number of nitrogens with zero attached hydrogens (tertiary/aromatic N) is 2. The van der Waals surface area contributed by atoms with Crippen molar-refractivity contribution < 1.29 is 9.21 Å². The number of furan rings is 1. The van der Waals surface area contributed by atoms with Gasteiger partial charge in [0, 0.05) is 23.8 Å². The van der Waals surface area contributed by atoms with Crippen molar-refractivity contribution in [1.29, 1.82) is 0 Å². The minimum Gasteiger partial charge on any atom is -0.468 e. The third-order valence-electron chi connectivity index (χ3n) is 5.45. The Balaban J connectivity index is 1.48. The summed E-state index contributed by atoms with van der Waals surface area (Å²) in [6.45, 7) is 2.73. The maximum atomic E-state index is 12.8. The van der Waals surface area contributed by atoms with Crippen molar-refractivity contribution in [1.82, 2.24) is 14.8 Å². The van der Waals surface area contributed by atoms with Crippen molar-refractivity contribution in [3.63, 3.8) is 0 Å². The molecule has 3 aromatic rings. The van der Waals surface area contributed by atoms with Gasteiger partial charge in [-0.3, -0.25) is 14.5 Å². The van der Waals surface area contributed by atoms with Gasteiger partial charge in [-0.15, -0.1) is 0 Å². The van der Waals surface area contributed by atoms with Crippen LogP contribution in [0.4, 0.5) is 0 Å². The zero-order valence-corrected chi connectivity index (χ0v) is 17.3. The van der Waals surface area contributed by atoms with Crippen LogP contribution in [-0.4, -0.2) is 35.0 Å². The molecule has 1 fully saturated rings. The number of amides is 1. The van der Waals surface area contributed by atoms with E-state index in [9.17, 15) is 9.59 Å². The van der Waals surface area contributed by atoms with Gasteiger partial charge in [0.2, 0.25) is 0 Å². The fourth-order valence-corrected chi connectivity index (χ4v) is 4.03. The summed E-state index contributed by atoms with van der Waals surface area (Å²) in [7, 11) is 0. The molecule has 0 bridgehead atoms. The summed E-state index contributed by atoms with van der Waals surface area (Å²) in [6, 6.07) is 14.1. The summed E-state index contributed by atoms with van der Waals surface area (Å²) in [4.78, 5) is 27.4. The highest BCUT2D eigenvalue weighted by Crippen LogP contribution is 2.25. The summed E-state index contributed by atoms with van der Waals surface area (Å²) >= 11 is 6.22. The highest BCUT2D eigenvalue weighted by Gasteiger charge is 2.26. The van der Waals surface area contributed by atoms with E-state index in [2.05, 4.69) is 10.2 Å². The molecule has 7 heteroatoms. The molecule has 0 aliphatic carbocycles. The van der Waals surface area contributed by atoms with E-state index in [4.69, 9.17) is 16.0 Å². The molecule has 30 heavy (non-hydrogen) atoms. The molecule has 4 rings (SSSR count). The summed E-state index contributed by atoms with van der Waals surface area (Å²) < 4.78 is 7.11. The van der Waals surface area contributed by atoms with Crippen molar-refractivity contribution >= 4 is 17.5 Å². The third kappa shape index (κ3) is 4.66. The third-order valence-corrected chi connectivity index (χ3v) is 5.82. The average molecular weight is 426 g/mol. The average Bonchev–Trinajstić information content (AvgIpc) is 3.46. The first-order valence-electron chi connectivity index (χ1n) is 10.1. The Morgan fingerprint density at radius 2 is 1.90 bits per heavy atom. The number of carbonyl (C=O) groups excluding carboxylic acids is 1. The topological polar surface area (TPSA) is 67.5 Å². The van der Waals surface area contributed by atoms with Gasteiger partial charge in [0.25, 0.3) is 11.5 Å². The predicted molar refractivity (Wildman–Crippen MR) is 116 cm³/mol. The first-order chi connectivity index (χ1) is 14.6. The largest absolute Gasteiger partial charge is 0.468 e. The van der Waals surface area contributed by atoms with Crippen LogP contribution in [0.5, 0.6) is 0 Å². The molecule has 1 saturated heterocycles. The normalized spacial score (nSPS) is 15.2. The second kappa shape index (κ2) is 9.32. The fraction of sp³-hybridized carbons (Fsp3) is 0.304. The van der Waals surface area contributed by atoms with E-state index in [0.717, 1.165) is 37.3 Å². The van der Waals surface area contributed by atoms with Gasteiger partial charge in [0.05, 0.1) is 24.4 Å². The predicted octanol–water partition coefficient (Wildman–Crippen LogP) is 3.71. The zero-order valence-electron chi connectivity index (χ0n) is 16.6. The lowest BCUT2D eigenvalue weighted by Gasteiger charge is -2.26. The Labute approximate surface area is 180 Å². The lowest BCUT2D eigenvalue weighted by molar-refractivity contribution is 0.0933. The van der Waals surface area contributed by atoms with E-state index < -0.39 is 0 Å². The molecule has 1 unspecified atom stereocenters. The van der Waals surface area contributed by atoms with Gasteiger partial charge in [0.15, 0.2) is 0 Å². The summed E-state index contributed by atoms with van der Waals surface area (Å²) in [5, 5.41) is 3.59. The first-order valence-corrected chi connectivity index (χ1v) is 10.5. The second-order valence-corrected chi connectivity index (χ2v) is 7.87. The van der Waals surface area contributed by atoms with Crippen molar-refractivity contribution in [3.8, 4) is 0 Å². The number of hydrogen-bond donors (Lipinski definition) is 1. The highest BCUT2D eigenvalue weighted by molar-refractivity contribution is 6.31. The highest BCUT2D eigenvalue weighted by atomic mass is 35.5. The molecule has 3 heterocycles. The molecular formula is C23H24ClN3O3. The van der Waals surface area contributed by atoms with Gasteiger partial charge in [-0.05, 0) is 55.8 Å². The van der Waals surface area contributed by atoms with Crippen molar-refractivity contribution in [2.75, 3.05) is 19.6 Å². The van der Waals surface area contributed by atoms with Crippen LogP contribution >= 0.6 is 11.6 Å². The van der Waals surface area contributed by atoms with Crippen LogP contribution in [0.1, 0.15) is 40.6 Å². The SMILES string of the molecule is O=C(NCC(c1ccco1)N1CCCC1)c1ccc(=O)n(Cc2ccccc2Cl)c1. The van der Waals surface area contributed by atoms with Crippen LogP contribution in [0.3, 0.4) is 0 Å².